The zero-order chi connectivity index (χ0) is 23.4. The Hall–Kier alpha value is -3.06. The van der Waals surface area contributed by atoms with Crippen molar-refractivity contribution in [2.45, 2.75) is 38.5 Å². The van der Waals surface area contributed by atoms with Crippen LogP contribution in [-0.2, 0) is 4.79 Å². The zero-order valence-corrected chi connectivity index (χ0v) is 17.9. The number of carbonyl (C=O) groups is 1. The van der Waals surface area contributed by atoms with E-state index in [0.717, 1.165) is 0 Å². The first-order valence-electron chi connectivity index (χ1n) is 10.4. The van der Waals surface area contributed by atoms with Crippen LogP contribution in [0.1, 0.15) is 37.8 Å². The summed E-state index contributed by atoms with van der Waals surface area (Å²) >= 11 is 0. The minimum atomic E-state index is -4.89. The lowest BCUT2D eigenvalue weighted by atomic mass is 9.76. The highest BCUT2D eigenvalue weighted by Crippen LogP contribution is 2.45. The summed E-state index contributed by atoms with van der Waals surface area (Å²) in [6.45, 7) is 4.65. The molecular weight excluding hydrogens is 421 g/mol. The Kier molecular flexibility index (Phi) is 7.09. The molecule has 0 spiro atoms. The van der Waals surface area contributed by atoms with Gasteiger partial charge in [0.05, 0.1) is 13.2 Å². The van der Waals surface area contributed by atoms with E-state index in [9.17, 15) is 23.1 Å². The van der Waals surface area contributed by atoms with Crippen LogP contribution in [0.3, 0.4) is 0 Å². The SMILES string of the molecule is CCOc1ccc(C=C2CC(O)(C(F)(F)F)CC(=Cc3ccc(OCC)cc3)C2=O)cc1. The van der Waals surface area contributed by atoms with E-state index in [1.807, 2.05) is 13.8 Å². The molecular formula is C25H25F3O4. The predicted octanol–water partition coefficient (Wildman–Crippen LogP) is 5.61. The molecule has 0 radical (unpaired) electrons. The van der Waals surface area contributed by atoms with Crippen molar-refractivity contribution >= 4 is 17.9 Å². The van der Waals surface area contributed by atoms with Gasteiger partial charge in [-0.2, -0.15) is 13.2 Å². The normalized spacial score (nSPS) is 21.8. The van der Waals surface area contributed by atoms with Crippen LogP contribution in [0.15, 0.2) is 59.7 Å². The lowest BCUT2D eigenvalue weighted by molar-refractivity contribution is -0.260. The molecule has 0 bridgehead atoms. The summed E-state index contributed by atoms with van der Waals surface area (Å²) in [5.74, 6) is 0.724. The minimum absolute atomic E-state index is 0.0996. The van der Waals surface area contributed by atoms with E-state index in [4.69, 9.17) is 9.47 Å². The second kappa shape index (κ2) is 9.61. The lowest BCUT2D eigenvalue weighted by Crippen LogP contribution is -2.49. The van der Waals surface area contributed by atoms with E-state index in [1.165, 1.54) is 12.2 Å². The standard InChI is InChI=1S/C25H25F3O4/c1-3-31-21-9-5-17(6-10-21)13-19-15-24(30,25(26,27)28)16-20(23(19)29)14-18-7-11-22(12-8-18)32-4-2/h5-14,30H,3-4,15-16H2,1-2H3. The molecule has 1 saturated carbocycles. The van der Waals surface area contributed by atoms with Crippen LogP contribution in [0.5, 0.6) is 11.5 Å². The molecule has 2 aromatic carbocycles. The molecule has 0 aliphatic heterocycles. The predicted molar refractivity (Wildman–Crippen MR) is 116 cm³/mol. The van der Waals surface area contributed by atoms with E-state index in [0.29, 0.717) is 35.8 Å². The van der Waals surface area contributed by atoms with Crippen LogP contribution in [-0.4, -0.2) is 35.9 Å². The molecule has 1 fully saturated rings. The summed E-state index contributed by atoms with van der Waals surface area (Å²) in [7, 11) is 0. The zero-order valence-electron chi connectivity index (χ0n) is 17.9. The minimum Gasteiger partial charge on any atom is -0.494 e. The third-order valence-corrected chi connectivity index (χ3v) is 5.14. The number of benzene rings is 2. The number of hydrogen-bond donors (Lipinski definition) is 1. The number of rotatable bonds is 6. The number of halogens is 3. The Labute approximate surface area is 185 Å². The van der Waals surface area contributed by atoms with Gasteiger partial charge >= 0.3 is 6.18 Å². The van der Waals surface area contributed by atoms with Gasteiger partial charge < -0.3 is 14.6 Å². The van der Waals surface area contributed by atoms with Crippen molar-refractivity contribution in [2.75, 3.05) is 13.2 Å². The summed E-state index contributed by atoms with van der Waals surface area (Å²) in [5, 5.41) is 10.5. The fourth-order valence-corrected chi connectivity index (χ4v) is 3.55. The molecule has 4 nitrogen and oxygen atoms in total. The number of ether oxygens (including phenoxy) is 2. The van der Waals surface area contributed by atoms with Gasteiger partial charge in [-0.15, -0.1) is 0 Å². The second-order valence-electron chi connectivity index (χ2n) is 7.56. The summed E-state index contributed by atoms with van der Waals surface area (Å²) < 4.78 is 51.8. The number of aliphatic hydroxyl groups is 1. The van der Waals surface area contributed by atoms with Crippen LogP contribution >= 0.6 is 0 Å². The second-order valence-corrected chi connectivity index (χ2v) is 7.56. The molecule has 32 heavy (non-hydrogen) atoms. The molecule has 1 N–H and O–H groups in total. The van der Waals surface area contributed by atoms with Crippen molar-refractivity contribution in [3.63, 3.8) is 0 Å². The molecule has 3 rings (SSSR count). The van der Waals surface area contributed by atoms with Gasteiger partial charge in [0, 0.05) is 24.0 Å². The monoisotopic (exact) mass is 446 g/mol. The third kappa shape index (κ3) is 5.40. The summed E-state index contributed by atoms with van der Waals surface area (Å²) in [6, 6.07) is 13.3. The van der Waals surface area contributed by atoms with Gasteiger partial charge in [-0.3, -0.25) is 4.79 Å². The average Bonchev–Trinajstić information content (AvgIpc) is 2.74. The lowest BCUT2D eigenvalue weighted by Gasteiger charge is -2.35. The third-order valence-electron chi connectivity index (χ3n) is 5.14. The van der Waals surface area contributed by atoms with Crippen molar-refractivity contribution in [3.05, 3.63) is 70.8 Å². The van der Waals surface area contributed by atoms with Crippen molar-refractivity contribution < 1.29 is 32.5 Å². The Morgan fingerprint density at radius 3 is 1.53 bits per heavy atom. The van der Waals surface area contributed by atoms with E-state index in [-0.39, 0.29) is 11.1 Å². The molecule has 7 heteroatoms. The van der Waals surface area contributed by atoms with Crippen molar-refractivity contribution in [2.24, 2.45) is 0 Å². The smallest absolute Gasteiger partial charge is 0.417 e. The van der Waals surface area contributed by atoms with Crippen LogP contribution < -0.4 is 9.47 Å². The van der Waals surface area contributed by atoms with Crippen molar-refractivity contribution in [1.82, 2.24) is 0 Å². The number of hydrogen-bond acceptors (Lipinski definition) is 4. The fourth-order valence-electron chi connectivity index (χ4n) is 3.55. The van der Waals surface area contributed by atoms with Crippen LogP contribution in [0.2, 0.25) is 0 Å². The Bertz CT molecular complexity index is 931. The maximum atomic E-state index is 13.7. The molecule has 0 atom stereocenters. The first-order chi connectivity index (χ1) is 15.1. The van der Waals surface area contributed by atoms with Gasteiger partial charge in [0.1, 0.15) is 11.5 Å². The summed E-state index contributed by atoms with van der Waals surface area (Å²) in [5.41, 5.74) is -2.13. The van der Waals surface area contributed by atoms with Crippen LogP contribution in [0, 0.1) is 0 Å². The summed E-state index contributed by atoms with van der Waals surface area (Å²) in [6.07, 6.45) is -3.71. The molecule has 1 aliphatic carbocycles. The van der Waals surface area contributed by atoms with Gasteiger partial charge in [-0.1, -0.05) is 24.3 Å². The molecule has 0 aromatic heterocycles. The van der Waals surface area contributed by atoms with E-state index in [1.54, 1.807) is 48.5 Å². The highest BCUT2D eigenvalue weighted by molar-refractivity contribution is 6.14. The van der Waals surface area contributed by atoms with Gasteiger partial charge in [-0.25, -0.2) is 0 Å². The number of Topliss-reactive ketones (excluding diaryl/α,β-unsaturated/α-hetero) is 1. The van der Waals surface area contributed by atoms with Gasteiger partial charge in [-0.05, 0) is 61.4 Å². The molecule has 0 unspecified atom stereocenters. The molecule has 0 heterocycles. The quantitative estimate of drug-likeness (QED) is 0.587. The largest absolute Gasteiger partial charge is 0.494 e. The topological polar surface area (TPSA) is 55.8 Å². The number of carbonyl (C=O) groups excluding carboxylic acids is 1. The van der Waals surface area contributed by atoms with Gasteiger partial charge in [0.2, 0.25) is 0 Å². The van der Waals surface area contributed by atoms with Crippen molar-refractivity contribution in [3.8, 4) is 11.5 Å². The molecule has 0 amide bonds. The average molecular weight is 446 g/mol. The first-order valence-corrected chi connectivity index (χ1v) is 10.4. The number of ketones is 1. The maximum absolute atomic E-state index is 13.7. The van der Waals surface area contributed by atoms with Crippen LogP contribution in [0.25, 0.3) is 12.2 Å². The number of alkyl halides is 3. The Balaban J connectivity index is 1.97. The van der Waals surface area contributed by atoms with Crippen LogP contribution in [0.4, 0.5) is 13.2 Å². The van der Waals surface area contributed by atoms with E-state index in [2.05, 4.69) is 0 Å². The Morgan fingerprint density at radius 1 is 0.844 bits per heavy atom. The fraction of sp³-hybridized carbons (Fsp3) is 0.320. The summed E-state index contributed by atoms with van der Waals surface area (Å²) in [4.78, 5) is 13.0. The molecule has 1 aliphatic rings. The van der Waals surface area contributed by atoms with Crippen molar-refractivity contribution in [1.29, 1.82) is 0 Å². The van der Waals surface area contributed by atoms with E-state index < -0.39 is 30.4 Å². The maximum Gasteiger partial charge on any atom is 0.417 e. The van der Waals surface area contributed by atoms with Gasteiger partial charge in [0.25, 0.3) is 0 Å². The molecule has 170 valence electrons. The molecule has 0 saturated heterocycles. The highest BCUT2D eigenvalue weighted by atomic mass is 19.4. The molecule has 2 aromatic rings. The van der Waals surface area contributed by atoms with Gasteiger partial charge in [0.15, 0.2) is 11.4 Å². The first kappa shape index (κ1) is 23.6. The highest BCUT2D eigenvalue weighted by Gasteiger charge is 2.57. The van der Waals surface area contributed by atoms with E-state index >= 15 is 0 Å². The Morgan fingerprint density at radius 2 is 1.22 bits per heavy atom.